The second-order valence-corrected chi connectivity index (χ2v) is 8.08. The average molecular weight is 356 g/mol. The van der Waals surface area contributed by atoms with E-state index >= 15 is 0 Å². The first-order valence-corrected chi connectivity index (χ1v) is 9.73. The SMILES string of the molecule is CS[C@]1(CO)C(=O)N2C3C(=CC=C[C@@H]3O)C[C@@]2(SC)C(=O)N1C. The van der Waals surface area contributed by atoms with Gasteiger partial charge in [0, 0.05) is 13.5 Å². The lowest BCUT2D eigenvalue weighted by Crippen LogP contribution is -2.74. The van der Waals surface area contributed by atoms with Gasteiger partial charge in [-0.3, -0.25) is 9.59 Å². The second kappa shape index (κ2) is 5.54. The molecule has 3 aliphatic rings. The highest BCUT2D eigenvalue weighted by atomic mass is 32.2. The highest BCUT2D eigenvalue weighted by molar-refractivity contribution is 8.01. The summed E-state index contributed by atoms with van der Waals surface area (Å²) in [5.74, 6) is -0.540. The van der Waals surface area contributed by atoms with Crippen molar-refractivity contribution in [1.29, 1.82) is 0 Å². The highest BCUT2D eigenvalue weighted by Gasteiger charge is 2.67. The molecule has 6 nitrogen and oxygen atoms in total. The third-order valence-electron chi connectivity index (χ3n) is 5.06. The maximum atomic E-state index is 13.3. The molecule has 0 aromatic heterocycles. The van der Waals surface area contributed by atoms with Crippen molar-refractivity contribution in [3.05, 3.63) is 23.8 Å². The van der Waals surface area contributed by atoms with Gasteiger partial charge in [0.05, 0.1) is 18.8 Å². The lowest BCUT2D eigenvalue weighted by Gasteiger charge is -2.53. The fourth-order valence-corrected chi connectivity index (χ4v) is 5.51. The molecule has 23 heavy (non-hydrogen) atoms. The normalized spacial score (nSPS) is 39.4. The van der Waals surface area contributed by atoms with Crippen LogP contribution in [-0.2, 0) is 9.59 Å². The molecule has 3 rings (SSSR count). The Morgan fingerprint density at radius 2 is 2.00 bits per heavy atom. The summed E-state index contributed by atoms with van der Waals surface area (Å²) in [4.78, 5) is 26.9. The van der Waals surface area contributed by atoms with Crippen LogP contribution in [0.2, 0.25) is 0 Å². The number of rotatable bonds is 3. The molecular weight excluding hydrogens is 336 g/mol. The number of piperazine rings is 1. The fourth-order valence-electron chi connectivity index (χ4n) is 3.73. The number of likely N-dealkylation sites (N-methyl/N-ethyl adjacent to an activating group) is 1. The van der Waals surface area contributed by atoms with Gasteiger partial charge in [-0.1, -0.05) is 18.2 Å². The molecule has 126 valence electrons. The van der Waals surface area contributed by atoms with E-state index in [1.807, 2.05) is 6.08 Å². The molecule has 1 unspecified atom stereocenters. The van der Waals surface area contributed by atoms with Crippen LogP contribution in [0.1, 0.15) is 6.42 Å². The standard InChI is InChI=1S/C15H20N2O4S2/c1-16-12(20)14(22-2)7-9-5-4-6-10(19)11(9)17(14)13(21)15(16,8-18)23-3/h4-6,10-11,18-19H,7-8H2,1-3H3/t10-,11?,14+,15+/m0/s1. The zero-order valence-corrected chi connectivity index (χ0v) is 14.9. The van der Waals surface area contributed by atoms with Crippen molar-refractivity contribution in [3.63, 3.8) is 0 Å². The smallest absolute Gasteiger partial charge is 0.263 e. The Balaban J connectivity index is 2.19. The predicted molar refractivity (Wildman–Crippen MR) is 90.8 cm³/mol. The van der Waals surface area contributed by atoms with E-state index in [9.17, 15) is 19.8 Å². The van der Waals surface area contributed by atoms with Gasteiger partial charge in [0.15, 0.2) is 9.74 Å². The number of hydrogen-bond donors (Lipinski definition) is 2. The fraction of sp³-hybridized carbons (Fsp3) is 0.600. The number of nitrogens with zero attached hydrogens (tertiary/aromatic N) is 2. The number of thioether (sulfide) groups is 2. The molecule has 2 N–H and O–H groups in total. The molecule has 0 saturated carbocycles. The van der Waals surface area contributed by atoms with Crippen molar-refractivity contribution >= 4 is 35.3 Å². The molecule has 4 atom stereocenters. The van der Waals surface area contributed by atoms with Crippen molar-refractivity contribution < 1.29 is 19.8 Å². The van der Waals surface area contributed by atoms with E-state index in [-0.39, 0.29) is 11.8 Å². The lowest BCUT2D eigenvalue weighted by molar-refractivity contribution is -0.167. The Morgan fingerprint density at radius 3 is 2.57 bits per heavy atom. The second-order valence-electron chi connectivity index (χ2n) is 5.91. The number of carbonyl (C=O) groups excluding carboxylic acids is 2. The maximum absolute atomic E-state index is 13.3. The summed E-state index contributed by atoms with van der Waals surface area (Å²) in [6.07, 6.45) is 8.31. The number of amides is 2. The minimum Gasteiger partial charge on any atom is -0.392 e. The molecule has 2 amide bonds. The molecule has 2 fully saturated rings. The van der Waals surface area contributed by atoms with Crippen molar-refractivity contribution in [2.75, 3.05) is 26.2 Å². The van der Waals surface area contributed by atoms with Gasteiger partial charge in [0.25, 0.3) is 11.8 Å². The van der Waals surface area contributed by atoms with Crippen molar-refractivity contribution in [3.8, 4) is 0 Å². The van der Waals surface area contributed by atoms with Gasteiger partial charge in [-0.2, -0.15) is 0 Å². The monoisotopic (exact) mass is 356 g/mol. The summed E-state index contributed by atoms with van der Waals surface area (Å²) in [7, 11) is 1.56. The molecule has 0 aromatic rings. The number of allylic oxidation sites excluding steroid dienone is 2. The Labute approximate surface area is 143 Å². The number of aliphatic hydroxyl groups is 2. The molecule has 2 heterocycles. The van der Waals surface area contributed by atoms with Crippen LogP contribution < -0.4 is 0 Å². The zero-order chi connectivity index (χ0) is 17.0. The molecule has 2 saturated heterocycles. The summed E-state index contributed by atoms with van der Waals surface area (Å²) in [6, 6.07) is -0.546. The summed E-state index contributed by atoms with van der Waals surface area (Å²) in [5, 5.41) is 20.3. The first-order valence-electron chi connectivity index (χ1n) is 7.28. The Bertz CT molecular complexity index is 617. The number of aliphatic hydroxyl groups excluding tert-OH is 2. The minimum atomic E-state index is -1.34. The van der Waals surface area contributed by atoms with Crippen LogP contribution >= 0.6 is 23.5 Å². The lowest BCUT2D eigenvalue weighted by atomic mass is 9.97. The molecule has 2 aliphatic heterocycles. The van der Waals surface area contributed by atoms with Gasteiger partial charge in [-0.05, 0) is 18.1 Å². The van der Waals surface area contributed by atoms with Crippen LogP contribution in [0, 0.1) is 0 Å². The summed E-state index contributed by atoms with van der Waals surface area (Å²) in [6.45, 7) is -0.464. The Hall–Kier alpha value is -0.960. The number of fused-ring (bicyclic) bond motifs is 3. The van der Waals surface area contributed by atoms with Crippen LogP contribution in [0.4, 0.5) is 0 Å². The van der Waals surface area contributed by atoms with Crippen LogP contribution in [0.3, 0.4) is 0 Å². The predicted octanol–water partition coefficient (Wildman–Crippen LogP) is 0.0273. The van der Waals surface area contributed by atoms with E-state index in [1.54, 1.807) is 31.7 Å². The summed E-state index contributed by atoms with van der Waals surface area (Å²) in [5.41, 5.74) is 0.874. The van der Waals surface area contributed by atoms with Crippen LogP contribution in [-0.4, -0.2) is 79.9 Å². The van der Waals surface area contributed by atoms with E-state index in [0.29, 0.717) is 6.42 Å². The largest absolute Gasteiger partial charge is 0.392 e. The Morgan fingerprint density at radius 1 is 1.30 bits per heavy atom. The summed E-state index contributed by atoms with van der Waals surface area (Å²) >= 11 is 2.46. The third kappa shape index (κ3) is 1.92. The third-order valence-corrected chi connectivity index (χ3v) is 7.50. The maximum Gasteiger partial charge on any atom is 0.263 e. The molecule has 0 bridgehead atoms. The van der Waals surface area contributed by atoms with Crippen molar-refractivity contribution in [1.82, 2.24) is 9.80 Å². The first-order chi connectivity index (χ1) is 10.9. The van der Waals surface area contributed by atoms with Crippen molar-refractivity contribution in [2.24, 2.45) is 0 Å². The summed E-state index contributed by atoms with van der Waals surface area (Å²) < 4.78 is 0. The van der Waals surface area contributed by atoms with Gasteiger partial charge in [-0.25, -0.2) is 0 Å². The molecule has 8 heteroatoms. The van der Waals surface area contributed by atoms with E-state index in [0.717, 1.165) is 17.3 Å². The molecule has 1 aliphatic carbocycles. The Kier molecular flexibility index (Phi) is 4.07. The van der Waals surface area contributed by atoms with E-state index in [1.165, 1.54) is 21.6 Å². The van der Waals surface area contributed by atoms with Gasteiger partial charge < -0.3 is 20.0 Å². The van der Waals surface area contributed by atoms with Gasteiger partial charge in [0.2, 0.25) is 0 Å². The number of carbonyl (C=O) groups is 2. The van der Waals surface area contributed by atoms with Crippen LogP contribution in [0.5, 0.6) is 0 Å². The first kappa shape index (κ1) is 16.9. The van der Waals surface area contributed by atoms with E-state index in [4.69, 9.17) is 0 Å². The van der Waals surface area contributed by atoms with Crippen LogP contribution in [0.25, 0.3) is 0 Å². The topological polar surface area (TPSA) is 81.1 Å². The highest BCUT2D eigenvalue weighted by Crippen LogP contribution is 2.53. The quantitative estimate of drug-likeness (QED) is 0.742. The van der Waals surface area contributed by atoms with E-state index < -0.39 is 28.5 Å². The average Bonchev–Trinajstić information content (AvgIpc) is 2.91. The number of hydrogen-bond acceptors (Lipinski definition) is 6. The molecule has 0 spiro atoms. The zero-order valence-electron chi connectivity index (χ0n) is 13.2. The molecule has 0 radical (unpaired) electrons. The molecule has 0 aromatic carbocycles. The van der Waals surface area contributed by atoms with E-state index in [2.05, 4.69) is 0 Å². The van der Waals surface area contributed by atoms with Crippen molar-refractivity contribution in [2.45, 2.75) is 28.3 Å². The van der Waals surface area contributed by atoms with Gasteiger partial charge in [0.1, 0.15) is 0 Å². The van der Waals surface area contributed by atoms with Gasteiger partial charge >= 0.3 is 0 Å². The van der Waals surface area contributed by atoms with Crippen LogP contribution in [0.15, 0.2) is 23.8 Å². The minimum absolute atomic E-state index is 0.212. The van der Waals surface area contributed by atoms with Gasteiger partial charge in [-0.15, -0.1) is 23.5 Å². The molecular formula is C15H20N2O4S2.